The second-order valence-electron chi connectivity index (χ2n) is 1.64. The summed E-state index contributed by atoms with van der Waals surface area (Å²) in [5, 5.41) is 0. The Hall–Kier alpha value is -0.960. The average molecular weight is 135 g/mol. The lowest BCUT2D eigenvalue weighted by molar-refractivity contribution is 1.40. The first-order valence-corrected chi connectivity index (χ1v) is 3.32. The molecule has 9 heavy (non-hydrogen) atoms. The minimum absolute atomic E-state index is 0.863. The Morgan fingerprint density at radius 3 is 3.44 bits per heavy atom. The molecule has 0 aliphatic heterocycles. The Kier molecular flexibility index (Phi) is 0.960. The summed E-state index contributed by atoms with van der Waals surface area (Å²) in [6, 6.07) is 3.88. The number of pyridine rings is 1. The molecule has 0 aromatic carbocycles. The van der Waals surface area contributed by atoms with Crippen LogP contribution in [-0.2, 0) is 0 Å². The van der Waals surface area contributed by atoms with Crippen LogP contribution in [0, 0.1) is 6.20 Å². The van der Waals surface area contributed by atoms with Crippen LogP contribution in [0.2, 0.25) is 0 Å². The van der Waals surface area contributed by atoms with Crippen molar-refractivity contribution in [1.29, 1.82) is 0 Å². The van der Waals surface area contributed by atoms with Gasteiger partial charge in [-0.05, 0) is 23.7 Å². The Morgan fingerprint density at radius 1 is 1.56 bits per heavy atom. The van der Waals surface area contributed by atoms with Crippen molar-refractivity contribution in [2.75, 3.05) is 0 Å². The van der Waals surface area contributed by atoms with Gasteiger partial charge in [-0.25, -0.2) is 0 Å². The first kappa shape index (κ1) is 4.88. The molecule has 0 saturated carbocycles. The fourth-order valence-electron chi connectivity index (χ4n) is 0.663. The van der Waals surface area contributed by atoms with E-state index in [0.29, 0.717) is 0 Å². The maximum Gasteiger partial charge on any atom is 0.132 e. The molecule has 2 nitrogen and oxygen atoms in total. The number of fused-ring (bicyclic) bond motifs is 1. The normalized spacial score (nSPS) is 10.2. The Morgan fingerprint density at radius 2 is 2.56 bits per heavy atom. The largest absolute Gasteiger partial charge is 0.253 e. The van der Waals surface area contributed by atoms with Gasteiger partial charge in [0.1, 0.15) is 11.7 Å². The molecule has 2 rings (SSSR count). The summed E-state index contributed by atoms with van der Waals surface area (Å²) in [5.41, 5.74) is 0.863. The highest BCUT2D eigenvalue weighted by molar-refractivity contribution is 7.13. The van der Waals surface area contributed by atoms with E-state index in [4.69, 9.17) is 0 Å². The molecule has 0 aliphatic rings. The minimum Gasteiger partial charge on any atom is -0.253 e. The van der Waals surface area contributed by atoms with E-state index in [1.807, 2.05) is 12.1 Å². The highest BCUT2D eigenvalue weighted by atomic mass is 32.1. The maximum absolute atomic E-state index is 4.03. The highest BCUT2D eigenvalue weighted by Gasteiger charge is 1.92. The number of aromatic nitrogens is 2. The van der Waals surface area contributed by atoms with Crippen LogP contribution in [0.4, 0.5) is 0 Å². The van der Waals surface area contributed by atoms with Crippen LogP contribution >= 0.6 is 11.5 Å². The van der Waals surface area contributed by atoms with Crippen molar-refractivity contribution in [1.82, 2.24) is 9.36 Å². The van der Waals surface area contributed by atoms with Crippen LogP contribution < -0.4 is 0 Å². The van der Waals surface area contributed by atoms with Crippen molar-refractivity contribution in [3.63, 3.8) is 0 Å². The minimum atomic E-state index is 0.863. The molecule has 0 atom stereocenters. The number of hydrogen-bond acceptors (Lipinski definition) is 3. The van der Waals surface area contributed by atoms with E-state index < -0.39 is 0 Å². The SMILES string of the molecule is [c]1nsc2cccnc12. The van der Waals surface area contributed by atoms with Gasteiger partial charge in [-0.2, -0.15) is 4.37 Å². The summed E-state index contributed by atoms with van der Waals surface area (Å²) in [6.07, 6.45) is 4.52. The lowest BCUT2D eigenvalue weighted by atomic mass is 10.4. The second-order valence-corrected chi connectivity index (χ2v) is 2.45. The van der Waals surface area contributed by atoms with Crippen LogP contribution in [0.3, 0.4) is 0 Å². The second kappa shape index (κ2) is 1.77. The van der Waals surface area contributed by atoms with Crippen molar-refractivity contribution < 1.29 is 0 Å². The van der Waals surface area contributed by atoms with Gasteiger partial charge in [0.2, 0.25) is 0 Å². The first-order chi connectivity index (χ1) is 4.47. The van der Waals surface area contributed by atoms with Crippen LogP contribution in [0.25, 0.3) is 10.2 Å². The fourth-order valence-corrected chi connectivity index (χ4v) is 1.22. The standard InChI is InChI=1S/C6H3N2S/c1-2-6-5(7-3-1)4-8-9-6/h1-3H. The smallest absolute Gasteiger partial charge is 0.132 e. The highest BCUT2D eigenvalue weighted by Crippen LogP contribution is 2.12. The third-order valence-electron chi connectivity index (χ3n) is 1.07. The zero-order valence-electron chi connectivity index (χ0n) is 4.53. The molecule has 0 amide bonds. The van der Waals surface area contributed by atoms with E-state index in [1.54, 1.807) is 6.20 Å². The molecular formula is C6H3N2S. The van der Waals surface area contributed by atoms with E-state index in [2.05, 4.69) is 15.6 Å². The number of rotatable bonds is 0. The van der Waals surface area contributed by atoms with Gasteiger partial charge in [-0.15, -0.1) is 0 Å². The molecule has 0 spiro atoms. The van der Waals surface area contributed by atoms with Crippen molar-refractivity contribution in [2.24, 2.45) is 0 Å². The monoisotopic (exact) mass is 135 g/mol. The van der Waals surface area contributed by atoms with Crippen molar-refractivity contribution >= 4 is 21.7 Å². The third kappa shape index (κ3) is 0.695. The summed E-state index contributed by atoms with van der Waals surface area (Å²) in [6.45, 7) is 0. The van der Waals surface area contributed by atoms with Gasteiger partial charge in [0.25, 0.3) is 0 Å². The molecular weight excluding hydrogens is 132 g/mol. The Balaban J connectivity index is 2.95. The molecule has 2 heterocycles. The van der Waals surface area contributed by atoms with Crippen LogP contribution in [-0.4, -0.2) is 9.36 Å². The summed E-state index contributed by atoms with van der Waals surface area (Å²) in [4.78, 5) is 4.03. The predicted octanol–water partition coefficient (Wildman–Crippen LogP) is 1.49. The van der Waals surface area contributed by atoms with Crippen LogP contribution in [0.15, 0.2) is 18.3 Å². The number of nitrogens with zero attached hydrogens (tertiary/aromatic N) is 2. The molecule has 0 N–H and O–H groups in total. The average Bonchev–Trinajstić information content (AvgIpc) is 2.33. The van der Waals surface area contributed by atoms with Gasteiger partial charge in [0, 0.05) is 6.20 Å². The van der Waals surface area contributed by atoms with E-state index in [9.17, 15) is 0 Å². The Bertz CT molecular complexity index is 285. The summed E-state index contributed by atoms with van der Waals surface area (Å²) >= 11 is 1.42. The van der Waals surface area contributed by atoms with E-state index in [1.165, 1.54) is 11.5 Å². The molecule has 1 radical (unpaired) electrons. The fraction of sp³-hybridized carbons (Fsp3) is 0. The van der Waals surface area contributed by atoms with Crippen LogP contribution in [0.1, 0.15) is 0 Å². The number of hydrogen-bond donors (Lipinski definition) is 0. The molecule has 3 heteroatoms. The predicted molar refractivity (Wildman–Crippen MR) is 36.3 cm³/mol. The van der Waals surface area contributed by atoms with Gasteiger partial charge in [0.15, 0.2) is 0 Å². The zero-order valence-corrected chi connectivity index (χ0v) is 5.35. The lowest BCUT2D eigenvalue weighted by Crippen LogP contribution is -1.66. The van der Waals surface area contributed by atoms with E-state index in [0.717, 1.165) is 10.2 Å². The molecule has 0 fully saturated rings. The molecule has 0 aliphatic carbocycles. The first-order valence-electron chi connectivity index (χ1n) is 2.55. The van der Waals surface area contributed by atoms with Crippen molar-refractivity contribution in [3.05, 3.63) is 24.5 Å². The lowest BCUT2D eigenvalue weighted by Gasteiger charge is -1.79. The van der Waals surface area contributed by atoms with Gasteiger partial charge in [0.05, 0.1) is 4.70 Å². The summed E-state index contributed by atoms with van der Waals surface area (Å²) in [5.74, 6) is 0. The third-order valence-corrected chi connectivity index (χ3v) is 1.77. The van der Waals surface area contributed by atoms with Gasteiger partial charge in [-0.1, -0.05) is 0 Å². The molecule has 2 aromatic rings. The van der Waals surface area contributed by atoms with Crippen LogP contribution in [0.5, 0.6) is 0 Å². The van der Waals surface area contributed by atoms with Crippen molar-refractivity contribution in [2.45, 2.75) is 0 Å². The molecule has 0 bridgehead atoms. The zero-order chi connectivity index (χ0) is 6.10. The maximum atomic E-state index is 4.03. The van der Waals surface area contributed by atoms with E-state index in [-0.39, 0.29) is 0 Å². The molecule has 43 valence electrons. The Labute approximate surface area is 56.3 Å². The molecule has 0 saturated heterocycles. The van der Waals surface area contributed by atoms with E-state index >= 15 is 0 Å². The van der Waals surface area contributed by atoms with Gasteiger partial charge in [-0.3, -0.25) is 4.98 Å². The summed E-state index contributed by atoms with van der Waals surface area (Å²) < 4.78 is 4.95. The summed E-state index contributed by atoms with van der Waals surface area (Å²) in [7, 11) is 0. The van der Waals surface area contributed by atoms with Crippen molar-refractivity contribution in [3.8, 4) is 0 Å². The molecule has 0 unspecified atom stereocenters. The quantitative estimate of drug-likeness (QED) is 0.547. The molecule has 2 aromatic heterocycles. The van der Waals surface area contributed by atoms with Gasteiger partial charge >= 0.3 is 0 Å². The van der Waals surface area contributed by atoms with Gasteiger partial charge < -0.3 is 0 Å². The topological polar surface area (TPSA) is 25.8 Å².